The lowest BCUT2D eigenvalue weighted by atomic mass is 9.74. The lowest BCUT2D eigenvalue weighted by Gasteiger charge is -2.31. The summed E-state index contributed by atoms with van der Waals surface area (Å²) in [5.74, 6) is 0.726. The lowest BCUT2D eigenvalue weighted by molar-refractivity contribution is 0.307. The highest BCUT2D eigenvalue weighted by Crippen LogP contribution is 2.38. The molecule has 0 heteroatoms. The number of hydrogen-bond acceptors (Lipinski definition) is 0. The zero-order valence-electron chi connectivity index (χ0n) is 11.1. The van der Waals surface area contributed by atoms with E-state index in [9.17, 15) is 0 Å². The monoisotopic (exact) mass is 226 g/mol. The summed E-state index contributed by atoms with van der Waals surface area (Å²) >= 11 is 0. The fourth-order valence-corrected chi connectivity index (χ4v) is 2.85. The summed E-state index contributed by atoms with van der Waals surface area (Å²) in [7, 11) is 0. The highest BCUT2D eigenvalue weighted by molar-refractivity contribution is 5.68. The highest BCUT2D eigenvalue weighted by atomic mass is 14.3. The summed E-state index contributed by atoms with van der Waals surface area (Å²) in [6.07, 6.45) is 11.8. The number of fused-ring (bicyclic) bond motifs is 1. The van der Waals surface area contributed by atoms with Gasteiger partial charge >= 0.3 is 0 Å². The molecule has 0 N–H and O–H groups in total. The molecule has 2 rings (SSSR count). The zero-order chi connectivity index (χ0) is 12.3. The van der Waals surface area contributed by atoms with Crippen molar-refractivity contribution < 1.29 is 0 Å². The zero-order valence-corrected chi connectivity index (χ0v) is 11.1. The van der Waals surface area contributed by atoms with E-state index in [0.29, 0.717) is 0 Å². The molecule has 1 aliphatic carbocycles. The molecule has 0 atom stereocenters. The third kappa shape index (κ3) is 2.36. The molecule has 0 radical (unpaired) electrons. The molecule has 1 aliphatic rings. The Morgan fingerprint density at radius 3 is 1.82 bits per heavy atom. The molecule has 0 unspecified atom stereocenters. The van der Waals surface area contributed by atoms with Crippen LogP contribution in [0.5, 0.6) is 0 Å². The van der Waals surface area contributed by atoms with Gasteiger partial charge in [-0.2, -0.15) is 0 Å². The molecule has 0 heterocycles. The standard InChI is InChI=1S/C17H22/c1-4-16(5-2)17(3)12-10-14-8-6-7-9-15(14)11-13-17/h6-13,16H,4-5H2,1-3H3. The second-order valence-electron chi connectivity index (χ2n) is 5.18. The number of rotatable bonds is 3. The van der Waals surface area contributed by atoms with Crippen LogP contribution in [0.2, 0.25) is 0 Å². The van der Waals surface area contributed by atoms with E-state index in [-0.39, 0.29) is 5.41 Å². The van der Waals surface area contributed by atoms with Crippen molar-refractivity contribution in [3.05, 3.63) is 47.5 Å². The Kier molecular flexibility index (Phi) is 3.51. The first-order valence-corrected chi connectivity index (χ1v) is 6.67. The number of benzene rings is 1. The van der Waals surface area contributed by atoms with Gasteiger partial charge in [-0.05, 0) is 17.0 Å². The predicted octanol–water partition coefficient (Wildman–Crippen LogP) is 5.17. The van der Waals surface area contributed by atoms with Crippen molar-refractivity contribution in [1.82, 2.24) is 0 Å². The molecule has 0 amide bonds. The Labute approximate surface area is 105 Å². The van der Waals surface area contributed by atoms with Crippen molar-refractivity contribution >= 4 is 12.2 Å². The smallest absolute Gasteiger partial charge is 0.00673 e. The van der Waals surface area contributed by atoms with Crippen molar-refractivity contribution in [1.29, 1.82) is 0 Å². The SMILES string of the molecule is CCC(CC)C1(C)C=Cc2ccccc2C=C1. The summed E-state index contributed by atoms with van der Waals surface area (Å²) in [6, 6.07) is 8.59. The molecule has 0 spiro atoms. The van der Waals surface area contributed by atoms with Crippen molar-refractivity contribution in [2.45, 2.75) is 33.6 Å². The molecule has 0 saturated carbocycles. The summed E-state index contributed by atoms with van der Waals surface area (Å²) in [4.78, 5) is 0. The maximum absolute atomic E-state index is 2.38. The fraction of sp³-hybridized carbons (Fsp3) is 0.412. The largest absolute Gasteiger partial charge is 0.0739 e. The Morgan fingerprint density at radius 2 is 1.41 bits per heavy atom. The van der Waals surface area contributed by atoms with E-state index in [0.717, 1.165) is 5.92 Å². The van der Waals surface area contributed by atoms with Crippen molar-refractivity contribution in [3.63, 3.8) is 0 Å². The van der Waals surface area contributed by atoms with Gasteiger partial charge in [-0.1, -0.05) is 82.2 Å². The third-order valence-corrected chi connectivity index (χ3v) is 4.11. The van der Waals surface area contributed by atoms with Gasteiger partial charge in [0.05, 0.1) is 0 Å². The fourth-order valence-electron chi connectivity index (χ4n) is 2.85. The second kappa shape index (κ2) is 4.91. The van der Waals surface area contributed by atoms with Crippen LogP contribution in [0, 0.1) is 11.3 Å². The average Bonchev–Trinajstić information content (AvgIpc) is 2.52. The summed E-state index contributed by atoms with van der Waals surface area (Å²) < 4.78 is 0. The quantitative estimate of drug-likeness (QED) is 0.667. The van der Waals surface area contributed by atoms with Crippen molar-refractivity contribution in [2.75, 3.05) is 0 Å². The molecule has 1 aromatic carbocycles. The predicted molar refractivity (Wildman–Crippen MR) is 76.7 cm³/mol. The van der Waals surface area contributed by atoms with Gasteiger partial charge in [0.1, 0.15) is 0 Å². The maximum Gasteiger partial charge on any atom is 0.00673 e. The van der Waals surface area contributed by atoms with Gasteiger partial charge in [-0.25, -0.2) is 0 Å². The Balaban J connectivity index is 2.39. The first kappa shape index (κ1) is 12.2. The minimum absolute atomic E-state index is 0.197. The molecular weight excluding hydrogens is 204 g/mol. The van der Waals surface area contributed by atoms with E-state index in [4.69, 9.17) is 0 Å². The molecule has 0 aliphatic heterocycles. The normalized spacial score (nSPS) is 16.9. The van der Waals surface area contributed by atoms with E-state index in [1.165, 1.54) is 24.0 Å². The van der Waals surface area contributed by atoms with Crippen LogP contribution in [-0.2, 0) is 0 Å². The second-order valence-corrected chi connectivity index (χ2v) is 5.18. The lowest BCUT2D eigenvalue weighted by Crippen LogP contribution is -2.21. The van der Waals surface area contributed by atoms with Crippen LogP contribution >= 0.6 is 0 Å². The Morgan fingerprint density at radius 1 is 0.941 bits per heavy atom. The maximum atomic E-state index is 2.38. The van der Waals surface area contributed by atoms with Crippen LogP contribution in [-0.4, -0.2) is 0 Å². The van der Waals surface area contributed by atoms with E-state index in [1.54, 1.807) is 0 Å². The van der Waals surface area contributed by atoms with Crippen LogP contribution in [0.3, 0.4) is 0 Å². The Hall–Kier alpha value is -1.30. The van der Waals surface area contributed by atoms with Crippen LogP contribution < -0.4 is 0 Å². The van der Waals surface area contributed by atoms with Gasteiger partial charge in [-0.15, -0.1) is 0 Å². The van der Waals surface area contributed by atoms with Gasteiger partial charge in [0.2, 0.25) is 0 Å². The minimum atomic E-state index is 0.197. The van der Waals surface area contributed by atoms with Gasteiger partial charge in [0.15, 0.2) is 0 Å². The highest BCUT2D eigenvalue weighted by Gasteiger charge is 2.27. The van der Waals surface area contributed by atoms with Crippen LogP contribution in [0.25, 0.3) is 12.2 Å². The molecule has 17 heavy (non-hydrogen) atoms. The molecule has 0 nitrogen and oxygen atoms in total. The van der Waals surface area contributed by atoms with E-state index in [1.807, 2.05) is 0 Å². The average molecular weight is 226 g/mol. The molecule has 90 valence electrons. The first-order chi connectivity index (χ1) is 8.19. The topological polar surface area (TPSA) is 0 Å². The molecule has 0 bridgehead atoms. The van der Waals surface area contributed by atoms with E-state index in [2.05, 4.69) is 69.3 Å². The van der Waals surface area contributed by atoms with Crippen LogP contribution in [0.4, 0.5) is 0 Å². The van der Waals surface area contributed by atoms with Gasteiger partial charge < -0.3 is 0 Å². The number of allylic oxidation sites excluding steroid dienone is 2. The van der Waals surface area contributed by atoms with Crippen molar-refractivity contribution in [2.24, 2.45) is 11.3 Å². The summed E-state index contributed by atoms with van der Waals surface area (Å²) in [5.41, 5.74) is 2.86. The molecule has 0 saturated heterocycles. The Bertz CT molecular complexity index is 400. The molecule has 0 fully saturated rings. The van der Waals surface area contributed by atoms with E-state index < -0.39 is 0 Å². The van der Waals surface area contributed by atoms with Gasteiger partial charge in [0.25, 0.3) is 0 Å². The molecule has 1 aromatic rings. The van der Waals surface area contributed by atoms with Crippen LogP contribution in [0.1, 0.15) is 44.7 Å². The van der Waals surface area contributed by atoms with Gasteiger partial charge in [-0.3, -0.25) is 0 Å². The van der Waals surface area contributed by atoms with E-state index >= 15 is 0 Å². The first-order valence-electron chi connectivity index (χ1n) is 6.67. The third-order valence-electron chi connectivity index (χ3n) is 4.11. The molecule has 0 aromatic heterocycles. The van der Waals surface area contributed by atoms with Crippen molar-refractivity contribution in [3.8, 4) is 0 Å². The van der Waals surface area contributed by atoms with Gasteiger partial charge in [0, 0.05) is 5.41 Å². The number of hydrogen-bond donors (Lipinski definition) is 0. The molecular formula is C17H22. The minimum Gasteiger partial charge on any atom is -0.0739 e. The van der Waals surface area contributed by atoms with Crippen LogP contribution in [0.15, 0.2) is 36.4 Å². The summed E-state index contributed by atoms with van der Waals surface area (Å²) in [5, 5.41) is 0. The summed E-state index contributed by atoms with van der Waals surface area (Å²) in [6.45, 7) is 6.93.